The Hall–Kier alpha value is -1.55. The van der Waals surface area contributed by atoms with E-state index in [1.54, 1.807) is 12.1 Å². The van der Waals surface area contributed by atoms with Gasteiger partial charge in [-0.05, 0) is 44.1 Å². The fourth-order valence-electron chi connectivity index (χ4n) is 2.83. The number of carbonyl (C=O) groups is 2. The maximum Gasteiger partial charge on any atom is 0.329 e. The fraction of sp³-hybridized carbons (Fsp3) is 0.529. The molecule has 0 aromatic heterocycles. The van der Waals surface area contributed by atoms with Gasteiger partial charge in [-0.15, -0.1) is 11.6 Å². The summed E-state index contributed by atoms with van der Waals surface area (Å²) in [6, 6.07) is 7.35. The Labute approximate surface area is 135 Å². The predicted molar refractivity (Wildman–Crippen MR) is 85.9 cm³/mol. The molecule has 4 nitrogen and oxygen atoms in total. The molecule has 0 spiro atoms. The fourth-order valence-corrected chi connectivity index (χ4v) is 3.03. The first-order valence-corrected chi connectivity index (χ1v) is 8.04. The van der Waals surface area contributed by atoms with Crippen molar-refractivity contribution in [3.8, 4) is 0 Å². The van der Waals surface area contributed by atoms with Crippen LogP contribution in [0.2, 0.25) is 0 Å². The maximum atomic E-state index is 12.4. The zero-order valence-electron chi connectivity index (χ0n) is 12.9. The number of benzene rings is 1. The highest BCUT2D eigenvalue weighted by Crippen LogP contribution is 2.33. The molecule has 1 atom stereocenters. The molecule has 0 heterocycles. The van der Waals surface area contributed by atoms with Crippen molar-refractivity contribution in [2.24, 2.45) is 5.92 Å². The van der Waals surface area contributed by atoms with Crippen molar-refractivity contribution in [2.45, 2.75) is 50.4 Å². The van der Waals surface area contributed by atoms with Crippen LogP contribution in [-0.4, -0.2) is 22.5 Å². The quantitative estimate of drug-likeness (QED) is 0.834. The van der Waals surface area contributed by atoms with Crippen molar-refractivity contribution in [3.05, 3.63) is 35.4 Å². The molecule has 22 heavy (non-hydrogen) atoms. The van der Waals surface area contributed by atoms with Crippen LogP contribution in [0.1, 0.15) is 49.1 Å². The number of amides is 1. The van der Waals surface area contributed by atoms with Crippen LogP contribution in [0.5, 0.6) is 0 Å². The Balaban J connectivity index is 2.11. The number of nitrogens with one attached hydrogen (secondary N) is 1. The van der Waals surface area contributed by atoms with Crippen LogP contribution in [0.3, 0.4) is 0 Å². The molecule has 5 heteroatoms. The molecule has 1 fully saturated rings. The number of carbonyl (C=O) groups excluding carboxylic acids is 1. The van der Waals surface area contributed by atoms with E-state index in [0.717, 1.165) is 18.4 Å². The van der Waals surface area contributed by atoms with Gasteiger partial charge in [0.2, 0.25) is 5.91 Å². The number of halogens is 1. The Morgan fingerprint density at radius 1 is 1.27 bits per heavy atom. The molecule has 1 amide bonds. The Kier molecular flexibility index (Phi) is 5.12. The molecule has 2 N–H and O–H groups in total. The van der Waals surface area contributed by atoms with Gasteiger partial charge in [0, 0.05) is 0 Å². The van der Waals surface area contributed by atoms with Crippen LogP contribution in [0, 0.1) is 12.8 Å². The Morgan fingerprint density at radius 2 is 1.82 bits per heavy atom. The van der Waals surface area contributed by atoms with Gasteiger partial charge in [-0.2, -0.15) is 0 Å². The number of carboxylic acids is 1. The highest BCUT2D eigenvalue weighted by atomic mass is 35.5. The largest absolute Gasteiger partial charge is 0.480 e. The third kappa shape index (κ3) is 3.61. The van der Waals surface area contributed by atoms with E-state index in [4.69, 9.17) is 11.6 Å². The van der Waals surface area contributed by atoms with E-state index in [-0.39, 0.29) is 0 Å². The lowest BCUT2D eigenvalue weighted by molar-refractivity contribution is -0.149. The molecule has 0 aliphatic heterocycles. The van der Waals surface area contributed by atoms with Gasteiger partial charge in [-0.25, -0.2) is 4.79 Å². The summed E-state index contributed by atoms with van der Waals surface area (Å²) in [7, 11) is 0. The van der Waals surface area contributed by atoms with Crippen LogP contribution in [0.25, 0.3) is 0 Å². The van der Waals surface area contributed by atoms with E-state index < -0.39 is 22.8 Å². The molecule has 1 unspecified atom stereocenters. The number of hydrogen-bond acceptors (Lipinski definition) is 2. The summed E-state index contributed by atoms with van der Waals surface area (Å²) in [5.41, 5.74) is 0.576. The van der Waals surface area contributed by atoms with Crippen molar-refractivity contribution < 1.29 is 14.7 Å². The van der Waals surface area contributed by atoms with Gasteiger partial charge in [0.1, 0.15) is 10.9 Å². The predicted octanol–water partition coefficient (Wildman–Crippen LogP) is 3.42. The Bertz CT molecular complexity index is 548. The number of hydrogen-bond donors (Lipinski definition) is 2. The highest BCUT2D eigenvalue weighted by molar-refractivity contribution is 6.31. The third-order valence-electron chi connectivity index (χ3n) is 4.50. The molecular formula is C17H22ClNO3. The summed E-state index contributed by atoms with van der Waals surface area (Å²) in [6.07, 6.45) is 2.49. The van der Waals surface area contributed by atoms with Gasteiger partial charge < -0.3 is 10.4 Å². The summed E-state index contributed by atoms with van der Waals surface area (Å²) in [6.45, 7) is 4.06. The second-order valence-electron chi connectivity index (χ2n) is 6.33. The minimum absolute atomic E-state index is 0.442. The summed E-state index contributed by atoms with van der Waals surface area (Å²) in [5.74, 6) is -0.920. The first-order chi connectivity index (χ1) is 10.3. The monoisotopic (exact) mass is 323 g/mol. The van der Waals surface area contributed by atoms with Crippen LogP contribution < -0.4 is 5.32 Å². The number of carboxylic acid groups (broad SMARTS) is 1. The minimum atomic E-state index is -1.18. The van der Waals surface area contributed by atoms with Gasteiger partial charge >= 0.3 is 5.97 Å². The highest BCUT2D eigenvalue weighted by Gasteiger charge is 2.43. The first kappa shape index (κ1) is 16.8. The molecule has 1 aromatic rings. The smallest absolute Gasteiger partial charge is 0.329 e. The van der Waals surface area contributed by atoms with Crippen molar-refractivity contribution in [2.75, 3.05) is 0 Å². The van der Waals surface area contributed by atoms with E-state index in [1.807, 2.05) is 19.1 Å². The van der Waals surface area contributed by atoms with E-state index in [9.17, 15) is 14.7 Å². The van der Waals surface area contributed by atoms with E-state index in [2.05, 4.69) is 12.2 Å². The molecule has 0 bridgehead atoms. The zero-order valence-corrected chi connectivity index (χ0v) is 13.7. The van der Waals surface area contributed by atoms with Crippen molar-refractivity contribution >= 4 is 23.5 Å². The van der Waals surface area contributed by atoms with Gasteiger partial charge in [0.05, 0.1) is 0 Å². The molecule has 120 valence electrons. The van der Waals surface area contributed by atoms with Gasteiger partial charge in [0.15, 0.2) is 0 Å². The van der Waals surface area contributed by atoms with Crippen molar-refractivity contribution in [1.29, 1.82) is 0 Å². The van der Waals surface area contributed by atoms with E-state index in [1.165, 1.54) is 0 Å². The summed E-state index contributed by atoms with van der Waals surface area (Å²) >= 11 is 6.22. The van der Waals surface area contributed by atoms with Gasteiger partial charge in [-0.3, -0.25) is 4.79 Å². The van der Waals surface area contributed by atoms with Crippen LogP contribution in [0.4, 0.5) is 0 Å². The second kappa shape index (κ2) is 6.69. The van der Waals surface area contributed by atoms with Crippen LogP contribution >= 0.6 is 11.6 Å². The molecule has 1 aliphatic carbocycles. The molecule has 0 saturated heterocycles. The minimum Gasteiger partial charge on any atom is -0.480 e. The van der Waals surface area contributed by atoms with Gasteiger partial charge in [0.25, 0.3) is 0 Å². The van der Waals surface area contributed by atoms with E-state index >= 15 is 0 Å². The molecule has 1 aliphatic rings. The third-order valence-corrected chi connectivity index (χ3v) is 4.95. The normalized spacial score (nSPS) is 26.2. The van der Waals surface area contributed by atoms with E-state index in [0.29, 0.717) is 24.3 Å². The van der Waals surface area contributed by atoms with Crippen molar-refractivity contribution in [1.82, 2.24) is 5.32 Å². The maximum absolute atomic E-state index is 12.4. The molecule has 2 rings (SSSR count). The molecule has 1 aromatic carbocycles. The topological polar surface area (TPSA) is 66.4 Å². The molecule has 0 radical (unpaired) electrons. The average Bonchev–Trinajstić information content (AvgIpc) is 2.49. The number of rotatable bonds is 4. The Morgan fingerprint density at radius 3 is 2.32 bits per heavy atom. The summed E-state index contributed by atoms with van der Waals surface area (Å²) in [5, 5.41) is 11.4. The SMILES string of the molecule is Cc1ccc(C(Cl)C(=O)NC2(C(=O)O)CCC(C)CC2)cc1. The number of alkyl halides is 1. The molecular weight excluding hydrogens is 302 g/mol. The number of aryl methyl sites for hydroxylation is 1. The standard InChI is InChI=1S/C17H22ClNO3/c1-11-3-5-13(6-4-11)14(18)15(20)19-17(16(21)22)9-7-12(2)8-10-17/h3-6,12,14H,7-10H2,1-2H3,(H,19,20)(H,21,22). The van der Waals surface area contributed by atoms with Crippen LogP contribution in [0.15, 0.2) is 24.3 Å². The van der Waals surface area contributed by atoms with Crippen LogP contribution in [-0.2, 0) is 9.59 Å². The summed E-state index contributed by atoms with van der Waals surface area (Å²) in [4.78, 5) is 24.0. The zero-order chi connectivity index (χ0) is 16.3. The van der Waals surface area contributed by atoms with Gasteiger partial charge in [-0.1, -0.05) is 36.8 Å². The first-order valence-electron chi connectivity index (χ1n) is 7.60. The average molecular weight is 324 g/mol. The van der Waals surface area contributed by atoms with Crippen molar-refractivity contribution in [3.63, 3.8) is 0 Å². The lowest BCUT2D eigenvalue weighted by atomic mass is 9.77. The lowest BCUT2D eigenvalue weighted by Crippen LogP contribution is -2.56. The number of aliphatic carboxylic acids is 1. The molecule has 1 saturated carbocycles. The second-order valence-corrected chi connectivity index (χ2v) is 6.77. The summed E-state index contributed by atoms with van der Waals surface area (Å²) < 4.78 is 0. The lowest BCUT2D eigenvalue weighted by Gasteiger charge is -2.36.